The van der Waals surface area contributed by atoms with Gasteiger partial charge in [0.1, 0.15) is 17.6 Å². The summed E-state index contributed by atoms with van der Waals surface area (Å²) in [6.07, 6.45) is 3.35. The van der Waals surface area contributed by atoms with Crippen LogP contribution in [0.5, 0.6) is 0 Å². The van der Waals surface area contributed by atoms with Crippen LogP contribution in [0, 0.1) is 11.3 Å². The van der Waals surface area contributed by atoms with Crippen molar-refractivity contribution in [2.45, 2.75) is 24.8 Å². The highest BCUT2D eigenvalue weighted by Gasteiger charge is 2.32. The SMILES string of the molecule is N#Cc1cccc(NCC2(N)CCC2)n1. The van der Waals surface area contributed by atoms with E-state index < -0.39 is 0 Å². The first kappa shape index (κ1) is 9.94. The van der Waals surface area contributed by atoms with Gasteiger partial charge in [-0.1, -0.05) is 6.07 Å². The van der Waals surface area contributed by atoms with Gasteiger partial charge in [-0.15, -0.1) is 0 Å². The Morgan fingerprint density at radius 1 is 1.53 bits per heavy atom. The minimum absolute atomic E-state index is 0.0652. The largest absolute Gasteiger partial charge is 0.368 e. The number of rotatable bonds is 3. The summed E-state index contributed by atoms with van der Waals surface area (Å²) in [5.41, 5.74) is 6.43. The second-order valence-electron chi connectivity index (χ2n) is 4.09. The molecule has 0 spiro atoms. The number of anilines is 1. The van der Waals surface area contributed by atoms with Gasteiger partial charge < -0.3 is 11.1 Å². The van der Waals surface area contributed by atoms with Gasteiger partial charge in [-0.05, 0) is 31.4 Å². The van der Waals surface area contributed by atoms with Gasteiger partial charge in [-0.3, -0.25) is 0 Å². The van der Waals surface area contributed by atoms with E-state index >= 15 is 0 Å². The standard InChI is InChI=1S/C11H14N4/c12-7-9-3-1-4-10(15-9)14-8-11(13)5-2-6-11/h1,3-4H,2,5-6,8,13H2,(H,14,15). The van der Waals surface area contributed by atoms with E-state index in [1.54, 1.807) is 6.07 Å². The molecule has 1 aromatic heterocycles. The van der Waals surface area contributed by atoms with E-state index in [4.69, 9.17) is 11.0 Å². The molecular weight excluding hydrogens is 188 g/mol. The quantitative estimate of drug-likeness (QED) is 0.773. The minimum Gasteiger partial charge on any atom is -0.368 e. The van der Waals surface area contributed by atoms with E-state index in [0.717, 1.165) is 25.2 Å². The highest BCUT2D eigenvalue weighted by atomic mass is 15.0. The van der Waals surface area contributed by atoms with E-state index in [2.05, 4.69) is 10.3 Å². The third-order valence-electron chi connectivity index (χ3n) is 2.83. The molecule has 78 valence electrons. The van der Waals surface area contributed by atoms with Gasteiger partial charge in [0.05, 0.1) is 0 Å². The molecule has 3 N–H and O–H groups in total. The number of nitrogens with zero attached hydrogens (tertiary/aromatic N) is 2. The van der Waals surface area contributed by atoms with Crippen LogP contribution in [0.25, 0.3) is 0 Å². The summed E-state index contributed by atoms with van der Waals surface area (Å²) in [6.45, 7) is 0.731. The molecule has 4 nitrogen and oxygen atoms in total. The Bertz CT molecular complexity index is 390. The van der Waals surface area contributed by atoms with Crippen LogP contribution in [0.4, 0.5) is 5.82 Å². The topological polar surface area (TPSA) is 74.7 Å². The molecule has 0 unspecified atom stereocenters. The molecule has 4 heteroatoms. The fourth-order valence-electron chi connectivity index (χ4n) is 1.67. The van der Waals surface area contributed by atoms with Gasteiger partial charge in [0.25, 0.3) is 0 Å². The van der Waals surface area contributed by atoms with Crippen molar-refractivity contribution in [1.29, 1.82) is 5.26 Å². The predicted molar refractivity (Wildman–Crippen MR) is 58.2 cm³/mol. The molecule has 0 bridgehead atoms. The van der Waals surface area contributed by atoms with Crippen molar-refractivity contribution in [3.8, 4) is 6.07 Å². The smallest absolute Gasteiger partial charge is 0.142 e. The van der Waals surface area contributed by atoms with Crippen molar-refractivity contribution >= 4 is 5.82 Å². The molecule has 1 heterocycles. The van der Waals surface area contributed by atoms with Crippen LogP contribution >= 0.6 is 0 Å². The molecule has 15 heavy (non-hydrogen) atoms. The minimum atomic E-state index is -0.0652. The van der Waals surface area contributed by atoms with E-state index in [9.17, 15) is 0 Å². The first-order valence-corrected chi connectivity index (χ1v) is 5.12. The summed E-state index contributed by atoms with van der Waals surface area (Å²) < 4.78 is 0. The zero-order valence-corrected chi connectivity index (χ0v) is 8.53. The van der Waals surface area contributed by atoms with Gasteiger partial charge in [0.15, 0.2) is 0 Å². The highest BCUT2D eigenvalue weighted by Crippen LogP contribution is 2.28. The maximum atomic E-state index is 8.68. The Balaban J connectivity index is 1.96. The van der Waals surface area contributed by atoms with Crippen molar-refractivity contribution < 1.29 is 0 Å². The van der Waals surface area contributed by atoms with Gasteiger partial charge in [-0.2, -0.15) is 5.26 Å². The van der Waals surface area contributed by atoms with Crippen molar-refractivity contribution in [2.24, 2.45) is 5.73 Å². The highest BCUT2D eigenvalue weighted by molar-refractivity contribution is 5.38. The number of pyridine rings is 1. The zero-order valence-electron chi connectivity index (χ0n) is 8.53. The summed E-state index contributed by atoms with van der Waals surface area (Å²) in [5, 5.41) is 11.9. The molecule has 1 aliphatic carbocycles. The number of aromatic nitrogens is 1. The molecule has 0 amide bonds. The summed E-state index contributed by atoms with van der Waals surface area (Å²) in [7, 11) is 0. The lowest BCUT2D eigenvalue weighted by atomic mass is 9.78. The Kier molecular flexibility index (Phi) is 2.57. The Hall–Kier alpha value is -1.60. The summed E-state index contributed by atoms with van der Waals surface area (Å²) in [5.74, 6) is 0.728. The fraction of sp³-hybridized carbons (Fsp3) is 0.455. The molecule has 0 aliphatic heterocycles. The van der Waals surface area contributed by atoms with Gasteiger partial charge in [0, 0.05) is 12.1 Å². The number of nitrogens with one attached hydrogen (secondary N) is 1. The zero-order chi connectivity index (χ0) is 10.7. The number of nitriles is 1. The van der Waals surface area contributed by atoms with Crippen LogP contribution in [0.1, 0.15) is 25.0 Å². The van der Waals surface area contributed by atoms with Crippen molar-refractivity contribution in [2.75, 3.05) is 11.9 Å². The van der Waals surface area contributed by atoms with Crippen molar-refractivity contribution in [3.05, 3.63) is 23.9 Å². The summed E-state index contributed by atoms with van der Waals surface area (Å²) >= 11 is 0. The Labute approximate surface area is 89.1 Å². The second kappa shape index (κ2) is 3.87. The number of hydrogen-bond donors (Lipinski definition) is 2. The number of nitrogens with two attached hydrogens (primary N) is 1. The summed E-state index contributed by atoms with van der Waals surface area (Å²) in [6, 6.07) is 7.36. The molecule has 1 saturated carbocycles. The lowest BCUT2D eigenvalue weighted by Gasteiger charge is -2.38. The van der Waals surface area contributed by atoms with Crippen LogP contribution < -0.4 is 11.1 Å². The van der Waals surface area contributed by atoms with E-state index in [1.165, 1.54) is 6.42 Å². The van der Waals surface area contributed by atoms with Crippen LogP contribution in [0.3, 0.4) is 0 Å². The average molecular weight is 202 g/mol. The first-order valence-electron chi connectivity index (χ1n) is 5.12. The Morgan fingerprint density at radius 3 is 2.93 bits per heavy atom. The first-order chi connectivity index (χ1) is 7.22. The van der Waals surface area contributed by atoms with Gasteiger partial charge >= 0.3 is 0 Å². The monoisotopic (exact) mass is 202 g/mol. The molecule has 1 fully saturated rings. The Morgan fingerprint density at radius 2 is 2.33 bits per heavy atom. The third-order valence-corrected chi connectivity index (χ3v) is 2.83. The van der Waals surface area contributed by atoms with Crippen LogP contribution in [-0.2, 0) is 0 Å². The number of hydrogen-bond acceptors (Lipinski definition) is 4. The van der Waals surface area contributed by atoms with Crippen LogP contribution in [0.15, 0.2) is 18.2 Å². The summed E-state index contributed by atoms with van der Waals surface area (Å²) in [4.78, 5) is 4.12. The van der Waals surface area contributed by atoms with E-state index in [1.807, 2.05) is 18.2 Å². The van der Waals surface area contributed by atoms with Crippen molar-refractivity contribution in [1.82, 2.24) is 4.98 Å². The van der Waals surface area contributed by atoms with Gasteiger partial charge in [0.2, 0.25) is 0 Å². The lowest BCUT2D eigenvalue weighted by molar-refractivity contribution is 0.265. The average Bonchev–Trinajstić information content (AvgIpc) is 2.24. The molecule has 0 saturated heterocycles. The second-order valence-corrected chi connectivity index (χ2v) is 4.09. The van der Waals surface area contributed by atoms with Crippen LogP contribution in [-0.4, -0.2) is 17.1 Å². The van der Waals surface area contributed by atoms with Crippen molar-refractivity contribution in [3.63, 3.8) is 0 Å². The molecular formula is C11H14N4. The van der Waals surface area contributed by atoms with Gasteiger partial charge in [-0.25, -0.2) is 4.98 Å². The lowest BCUT2D eigenvalue weighted by Crippen LogP contribution is -2.52. The fourth-order valence-corrected chi connectivity index (χ4v) is 1.67. The molecule has 0 aromatic carbocycles. The van der Waals surface area contributed by atoms with Crippen LogP contribution in [0.2, 0.25) is 0 Å². The molecule has 0 atom stereocenters. The molecule has 1 aliphatic rings. The molecule has 1 aromatic rings. The third kappa shape index (κ3) is 2.25. The molecule has 0 radical (unpaired) electrons. The normalized spacial score (nSPS) is 17.6. The predicted octanol–water partition coefficient (Wildman–Crippen LogP) is 1.25. The molecule has 2 rings (SSSR count). The maximum Gasteiger partial charge on any atom is 0.142 e. The maximum absolute atomic E-state index is 8.68. The van der Waals surface area contributed by atoms with E-state index in [-0.39, 0.29) is 5.54 Å². The van der Waals surface area contributed by atoms with E-state index in [0.29, 0.717) is 5.69 Å².